The fourth-order valence-corrected chi connectivity index (χ4v) is 5.00. The van der Waals surface area contributed by atoms with Crippen LogP contribution < -0.4 is 5.56 Å². The molecule has 0 saturated heterocycles. The predicted octanol–water partition coefficient (Wildman–Crippen LogP) is 6.05. The SMILES string of the molecule is Cc1cc(C)c2ncc3c(=O)n4c(-c5ccc(Cl)cc5Cl)csc4nc3c2c1. The summed E-state index contributed by atoms with van der Waals surface area (Å²) < 4.78 is 1.60. The first-order valence-corrected chi connectivity index (χ1v) is 10.2. The molecule has 0 amide bonds. The maximum absolute atomic E-state index is 13.4. The first-order valence-electron chi connectivity index (χ1n) is 8.59. The minimum absolute atomic E-state index is 0.157. The van der Waals surface area contributed by atoms with Crippen LogP contribution in [-0.4, -0.2) is 14.4 Å². The quantitative estimate of drug-likeness (QED) is 0.307. The molecule has 4 nitrogen and oxygen atoms in total. The van der Waals surface area contributed by atoms with Gasteiger partial charge < -0.3 is 0 Å². The van der Waals surface area contributed by atoms with Gasteiger partial charge in [0.05, 0.1) is 27.1 Å². The van der Waals surface area contributed by atoms with Crippen LogP contribution in [0.4, 0.5) is 0 Å². The minimum Gasteiger partial charge on any atom is -0.268 e. The number of fused-ring (bicyclic) bond motifs is 4. The average molecular weight is 426 g/mol. The van der Waals surface area contributed by atoms with Gasteiger partial charge in [0.2, 0.25) is 0 Å². The van der Waals surface area contributed by atoms with Crippen LogP contribution in [0.15, 0.2) is 46.7 Å². The molecule has 7 heteroatoms. The van der Waals surface area contributed by atoms with Crippen LogP contribution in [0.3, 0.4) is 0 Å². The van der Waals surface area contributed by atoms with Crippen molar-refractivity contribution >= 4 is 61.3 Å². The molecule has 0 N–H and O–H groups in total. The van der Waals surface area contributed by atoms with Crippen molar-refractivity contribution in [1.82, 2.24) is 14.4 Å². The van der Waals surface area contributed by atoms with E-state index in [1.807, 2.05) is 31.4 Å². The number of hydrogen-bond donors (Lipinski definition) is 0. The van der Waals surface area contributed by atoms with Crippen molar-refractivity contribution in [2.75, 3.05) is 0 Å². The third-order valence-electron chi connectivity index (χ3n) is 4.83. The van der Waals surface area contributed by atoms with Crippen LogP contribution in [0, 0.1) is 13.8 Å². The molecule has 138 valence electrons. The Morgan fingerprint density at radius 3 is 2.64 bits per heavy atom. The summed E-state index contributed by atoms with van der Waals surface area (Å²) in [7, 11) is 0. The summed E-state index contributed by atoms with van der Waals surface area (Å²) in [5.74, 6) is 0. The summed E-state index contributed by atoms with van der Waals surface area (Å²) in [5.41, 5.74) is 5.00. The van der Waals surface area contributed by atoms with Crippen LogP contribution in [0.1, 0.15) is 11.1 Å². The molecule has 0 aliphatic heterocycles. The lowest BCUT2D eigenvalue weighted by Gasteiger charge is -2.08. The molecule has 0 bridgehead atoms. The summed E-state index contributed by atoms with van der Waals surface area (Å²) in [5, 5.41) is 4.31. The summed E-state index contributed by atoms with van der Waals surface area (Å²) in [4.78, 5) is 23.3. The van der Waals surface area contributed by atoms with E-state index in [0.29, 0.717) is 31.6 Å². The molecule has 0 unspecified atom stereocenters. The highest BCUT2D eigenvalue weighted by Gasteiger charge is 2.17. The van der Waals surface area contributed by atoms with Crippen molar-refractivity contribution in [3.63, 3.8) is 0 Å². The molecule has 3 aromatic heterocycles. The standard InChI is InChI=1S/C21H13Cl2N3OS/c1-10-5-11(2)18-14(6-10)19-15(8-24-18)20(27)26-17(9-28-21(26)25-19)13-4-3-12(22)7-16(13)23/h3-9H,1-2H3. The molecule has 0 atom stereocenters. The van der Waals surface area contributed by atoms with Gasteiger partial charge in [0.25, 0.3) is 5.56 Å². The molecule has 0 spiro atoms. The summed E-state index contributed by atoms with van der Waals surface area (Å²) >= 11 is 13.8. The molecule has 0 fully saturated rings. The van der Waals surface area contributed by atoms with E-state index < -0.39 is 0 Å². The zero-order chi connectivity index (χ0) is 19.6. The van der Waals surface area contributed by atoms with Crippen LogP contribution in [-0.2, 0) is 0 Å². The number of nitrogens with zero attached hydrogens (tertiary/aromatic N) is 3. The lowest BCUT2D eigenvalue weighted by molar-refractivity contribution is 1.12. The number of thiazole rings is 1. The van der Waals surface area contributed by atoms with Crippen molar-refractivity contribution in [3.8, 4) is 11.3 Å². The lowest BCUT2D eigenvalue weighted by Crippen LogP contribution is -2.15. The minimum atomic E-state index is -0.157. The second-order valence-electron chi connectivity index (χ2n) is 6.78. The van der Waals surface area contributed by atoms with Gasteiger partial charge in [-0.3, -0.25) is 14.2 Å². The third kappa shape index (κ3) is 2.54. The van der Waals surface area contributed by atoms with E-state index in [1.165, 1.54) is 11.3 Å². The molecule has 28 heavy (non-hydrogen) atoms. The zero-order valence-electron chi connectivity index (χ0n) is 15.0. The zero-order valence-corrected chi connectivity index (χ0v) is 17.3. The Morgan fingerprint density at radius 1 is 1.04 bits per heavy atom. The van der Waals surface area contributed by atoms with Gasteiger partial charge in [-0.15, -0.1) is 11.3 Å². The second-order valence-corrected chi connectivity index (χ2v) is 8.46. The van der Waals surface area contributed by atoms with E-state index in [4.69, 9.17) is 28.2 Å². The smallest absolute Gasteiger partial charge is 0.268 e. The monoisotopic (exact) mass is 425 g/mol. The number of halogens is 2. The fraction of sp³-hybridized carbons (Fsp3) is 0.0952. The Hall–Kier alpha value is -2.47. The Kier molecular flexibility index (Phi) is 3.95. The van der Waals surface area contributed by atoms with Crippen molar-refractivity contribution in [2.45, 2.75) is 13.8 Å². The normalized spacial score (nSPS) is 11.7. The summed E-state index contributed by atoms with van der Waals surface area (Å²) in [6.45, 7) is 4.05. The molecule has 2 aromatic carbocycles. The summed E-state index contributed by atoms with van der Waals surface area (Å²) in [6.07, 6.45) is 1.62. The van der Waals surface area contributed by atoms with Gasteiger partial charge in [-0.2, -0.15) is 0 Å². The molecule has 0 aliphatic rings. The van der Waals surface area contributed by atoms with Gasteiger partial charge in [0.1, 0.15) is 0 Å². The molecular weight excluding hydrogens is 413 g/mol. The van der Waals surface area contributed by atoms with E-state index in [9.17, 15) is 4.79 Å². The van der Waals surface area contributed by atoms with Gasteiger partial charge >= 0.3 is 0 Å². The Labute approximate surface area is 174 Å². The third-order valence-corrected chi connectivity index (χ3v) is 6.21. The molecule has 3 heterocycles. The molecule has 0 saturated carbocycles. The van der Waals surface area contributed by atoms with Gasteiger partial charge in [0.15, 0.2) is 4.96 Å². The van der Waals surface area contributed by atoms with Gasteiger partial charge in [0, 0.05) is 27.5 Å². The van der Waals surface area contributed by atoms with Gasteiger partial charge in [-0.1, -0.05) is 34.8 Å². The van der Waals surface area contributed by atoms with Gasteiger partial charge in [-0.25, -0.2) is 4.98 Å². The Balaban J connectivity index is 1.91. The van der Waals surface area contributed by atoms with E-state index in [2.05, 4.69) is 11.1 Å². The topological polar surface area (TPSA) is 47.3 Å². The van der Waals surface area contributed by atoms with Crippen LogP contribution in [0.2, 0.25) is 10.0 Å². The lowest BCUT2D eigenvalue weighted by atomic mass is 10.1. The average Bonchev–Trinajstić information content (AvgIpc) is 3.06. The van der Waals surface area contributed by atoms with Crippen molar-refractivity contribution < 1.29 is 0 Å². The predicted molar refractivity (Wildman–Crippen MR) is 117 cm³/mol. The highest BCUT2D eigenvalue weighted by Crippen LogP contribution is 2.33. The Bertz CT molecular complexity index is 1490. The molecule has 5 aromatic rings. The molecular formula is C21H13Cl2N3OS. The van der Waals surface area contributed by atoms with Crippen molar-refractivity contribution in [2.24, 2.45) is 0 Å². The number of rotatable bonds is 1. The van der Waals surface area contributed by atoms with Crippen LogP contribution >= 0.6 is 34.5 Å². The van der Waals surface area contributed by atoms with E-state index in [-0.39, 0.29) is 5.56 Å². The van der Waals surface area contributed by atoms with Crippen molar-refractivity contribution in [1.29, 1.82) is 0 Å². The van der Waals surface area contributed by atoms with E-state index in [1.54, 1.807) is 22.7 Å². The van der Waals surface area contributed by atoms with Gasteiger partial charge in [-0.05, 0) is 43.7 Å². The first kappa shape index (κ1) is 17.6. The van der Waals surface area contributed by atoms with E-state index in [0.717, 1.165) is 27.6 Å². The first-order chi connectivity index (χ1) is 13.4. The van der Waals surface area contributed by atoms with Crippen molar-refractivity contribution in [3.05, 3.63) is 73.4 Å². The fourth-order valence-electron chi connectivity index (χ4n) is 3.61. The van der Waals surface area contributed by atoms with Crippen LogP contribution in [0.25, 0.3) is 38.0 Å². The number of benzene rings is 2. The molecule has 0 aliphatic carbocycles. The van der Waals surface area contributed by atoms with E-state index >= 15 is 0 Å². The number of aromatic nitrogens is 3. The number of aryl methyl sites for hydroxylation is 2. The maximum atomic E-state index is 13.4. The summed E-state index contributed by atoms with van der Waals surface area (Å²) in [6, 6.07) is 9.35. The molecule has 5 rings (SSSR count). The molecule has 0 radical (unpaired) electrons. The Morgan fingerprint density at radius 2 is 1.86 bits per heavy atom. The number of hydrogen-bond acceptors (Lipinski definition) is 4. The highest BCUT2D eigenvalue weighted by molar-refractivity contribution is 7.15. The van der Waals surface area contributed by atoms with Crippen LogP contribution in [0.5, 0.6) is 0 Å². The second kappa shape index (κ2) is 6.27. The highest BCUT2D eigenvalue weighted by atomic mass is 35.5. The largest absolute Gasteiger partial charge is 0.268 e. The maximum Gasteiger partial charge on any atom is 0.268 e. The number of pyridine rings is 1.